The van der Waals surface area contributed by atoms with Gasteiger partial charge >= 0.3 is 0 Å². The van der Waals surface area contributed by atoms with Gasteiger partial charge in [0.05, 0.1) is 5.69 Å². The summed E-state index contributed by atoms with van der Waals surface area (Å²) >= 11 is 0. The van der Waals surface area contributed by atoms with E-state index in [1.54, 1.807) is 0 Å². The van der Waals surface area contributed by atoms with Gasteiger partial charge in [-0.2, -0.15) is 4.98 Å². The van der Waals surface area contributed by atoms with Crippen LogP contribution in [0.25, 0.3) is 22.4 Å². The average molecular weight is 282 g/mol. The van der Waals surface area contributed by atoms with Gasteiger partial charge < -0.3 is 14.7 Å². The molecule has 0 bridgehead atoms. The van der Waals surface area contributed by atoms with Crippen molar-refractivity contribution in [1.82, 2.24) is 14.5 Å². The Bertz CT molecular complexity index is 830. The number of nitrogens with two attached hydrogens (primary N) is 1. The third-order valence-electron chi connectivity index (χ3n) is 4.35. The van der Waals surface area contributed by atoms with Gasteiger partial charge in [0.2, 0.25) is 0 Å². The van der Waals surface area contributed by atoms with Gasteiger partial charge in [-0.1, -0.05) is 6.92 Å². The van der Waals surface area contributed by atoms with Crippen LogP contribution in [0, 0.1) is 12.8 Å². The number of benzene rings is 1. The topological polar surface area (TPSA) is 69.9 Å². The van der Waals surface area contributed by atoms with E-state index in [-0.39, 0.29) is 6.01 Å². The zero-order valence-electron chi connectivity index (χ0n) is 12.3. The molecular weight excluding hydrogens is 264 g/mol. The Balaban J connectivity index is 1.84. The molecule has 3 heterocycles. The fourth-order valence-electron chi connectivity index (χ4n) is 3.17. The molecule has 2 N–H and O–H groups in total. The summed E-state index contributed by atoms with van der Waals surface area (Å²) in [4.78, 5) is 9.06. The number of hydrogen-bond donors (Lipinski definition) is 1. The molecule has 1 unspecified atom stereocenters. The smallest absolute Gasteiger partial charge is 0.292 e. The SMILES string of the molecule is Cc1c(-c2ccc3oc(N)nc3c2)nc2n1CCC(C)C2. The molecule has 4 rings (SSSR count). The summed E-state index contributed by atoms with van der Waals surface area (Å²) in [5.74, 6) is 1.91. The van der Waals surface area contributed by atoms with E-state index in [4.69, 9.17) is 15.1 Å². The van der Waals surface area contributed by atoms with Crippen molar-refractivity contribution in [3.63, 3.8) is 0 Å². The number of imidazole rings is 1. The van der Waals surface area contributed by atoms with Gasteiger partial charge in [-0.05, 0) is 37.5 Å². The van der Waals surface area contributed by atoms with Gasteiger partial charge in [0.1, 0.15) is 11.3 Å². The lowest BCUT2D eigenvalue weighted by molar-refractivity contribution is 0.405. The molecule has 3 aromatic rings. The number of nitrogen functional groups attached to an aromatic ring is 1. The van der Waals surface area contributed by atoms with Crippen LogP contribution >= 0.6 is 0 Å². The number of hydrogen-bond acceptors (Lipinski definition) is 4. The summed E-state index contributed by atoms with van der Waals surface area (Å²) in [6.45, 7) is 5.50. The van der Waals surface area contributed by atoms with Crippen LogP contribution in [0.3, 0.4) is 0 Å². The second-order valence-corrected chi connectivity index (χ2v) is 5.95. The number of nitrogens with zero attached hydrogens (tertiary/aromatic N) is 3. The van der Waals surface area contributed by atoms with Crippen LogP contribution in [0.5, 0.6) is 0 Å². The molecule has 1 aromatic carbocycles. The van der Waals surface area contributed by atoms with Crippen LogP contribution < -0.4 is 5.73 Å². The third-order valence-corrected chi connectivity index (χ3v) is 4.35. The average Bonchev–Trinajstić information content (AvgIpc) is 2.97. The number of anilines is 1. The molecule has 0 fully saturated rings. The van der Waals surface area contributed by atoms with Crippen LogP contribution in [-0.4, -0.2) is 14.5 Å². The van der Waals surface area contributed by atoms with Crippen LogP contribution in [-0.2, 0) is 13.0 Å². The Morgan fingerprint density at radius 2 is 2.19 bits per heavy atom. The molecule has 108 valence electrons. The highest BCUT2D eigenvalue weighted by Gasteiger charge is 2.21. The van der Waals surface area contributed by atoms with Gasteiger partial charge in [0.15, 0.2) is 5.58 Å². The van der Waals surface area contributed by atoms with Crippen molar-refractivity contribution in [1.29, 1.82) is 0 Å². The highest BCUT2D eigenvalue weighted by atomic mass is 16.4. The second-order valence-electron chi connectivity index (χ2n) is 5.95. The Labute approximate surface area is 122 Å². The van der Waals surface area contributed by atoms with E-state index in [0.717, 1.165) is 29.7 Å². The minimum Gasteiger partial charge on any atom is -0.424 e. The molecule has 21 heavy (non-hydrogen) atoms. The monoisotopic (exact) mass is 282 g/mol. The van der Waals surface area contributed by atoms with Crippen molar-refractivity contribution in [2.75, 3.05) is 5.73 Å². The lowest BCUT2D eigenvalue weighted by Gasteiger charge is -2.20. The molecule has 2 aromatic heterocycles. The van der Waals surface area contributed by atoms with Crippen LogP contribution in [0.4, 0.5) is 6.01 Å². The van der Waals surface area contributed by atoms with Gasteiger partial charge in [-0.25, -0.2) is 4.98 Å². The maximum Gasteiger partial charge on any atom is 0.292 e. The normalized spacial score (nSPS) is 18.1. The van der Waals surface area contributed by atoms with E-state index >= 15 is 0 Å². The van der Waals surface area contributed by atoms with Crippen molar-refractivity contribution >= 4 is 17.1 Å². The van der Waals surface area contributed by atoms with Crippen molar-refractivity contribution in [2.45, 2.75) is 33.2 Å². The molecule has 0 saturated carbocycles. The lowest BCUT2D eigenvalue weighted by Crippen LogP contribution is -2.17. The van der Waals surface area contributed by atoms with Gasteiger partial charge in [0.25, 0.3) is 6.01 Å². The first-order chi connectivity index (χ1) is 10.1. The maximum atomic E-state index is 5.61. The summed E-state index contributed by atoms with van der Waals surface area (Å²) in [6.07, 6.45) is 2.28. The fourth-order valence-corrected chi connectivity index (χ4v) is 3.17. The van der Waals surface area contributed by atoms with Crippen LogP contribution in [0.2, 0.25) is 0 Å². The molecule has 1 aliphatic heterocycles. The fraction of sp³-hybridized carbons (Fsp3) is 0.375. The maximum absolute atomic E-state index is 5.61. The number of rotatable bonds is 1. The van der Waals surface area contributed by atoms with Crippen molar-refractivity contribution in [2.24, 2.45) is 5.92 Å². The third kappa shape index (κ3) is 1.92. The highest BCUT2D eigenvalue weighted by Crippen LogP contribution is 2.30. The first-order valence-corrected chi connectivity index (χ1v) is 7.34. The molecule has 1 aliphatic rings. The molecule has 0 saturated heterocycles. The first-order valence-electron chi connectivity index (χ1n) is 7.34. The summed E-state index contributed by atoms with van der Waals surface area (Å²) in [7, 11) is 0. The second kappa shape index (κ2) is 4.35. The molecule has 5 heteroatoms. The number of fused-ring (bicyclic) bond motifs is 2. The summed E-state index contributed by atoms with van der Waals surface area (Å²) in [5.41, 5.74) is 10.4. The lowest BCUT2D eigenvalue weighted by atomic mass is 10.0. The highest BCUT2D eigenvalue weighted by molar-refractivity contribution is 5.81. The van der Waals surface area contributed by atoms with Gasteiger partial charge in [-0.3, -0.25) is 0 Å². The molecule has 0 spiro atoms. The van der Waals surface area contributed by atoms with Crippen LogP contribution in [0.1, 0.15) is 24.9 Å². The quantitative estimate of drug-likeness (QED) is 0.744. The van der Waals surface area contributed by atoms with Crippen molar-refractivity contribution in [3.05, 3.63) is 29.7 Å². The zero-order valence-corrected chi connectivity index (χ0v) is 12.3. The Hall–Kier alpha value is -2.30. The largest absolute Gasteiger partial charge is 0.424 e. The van der Waals surface area contributed by atoms with E-state index < -0.39 is 0 Å². The van der Waals surface area contributed by atoms with Crippen molar-refractivity contribution in [3.8, 4) is 11.3 Å². The Morgan fingerprint density at radius 1 is 1.33 bits per heavy atom. The molecule has 5 nitrogen and oxygen atoms in total. The Kier molecular flexibility index (Phi) is 2.58. The summed E-state index contributed by atoms with van der Waals surface area (Å²) in [6, 6.07) is 6.14. The zero-order chi connectivity index (χ0) is 14.6. The minimum atomic E-state index is 0.205. The standard InChI is InChI=1S/C16H18N4O/c1-9-5-6-20-10(2)15(19-14(20)7-9)11-3-4-13-12(8-11)18-16(17)21-13/h3-4,8-9H,5-7H2,1-2H3,(H2,17,18). The summed E-state index contributed by atoms with van der Waals surface area (Å²) < 4.78 is 7.67. The van der Waals surface area contributed by atoms with Gasteiger partial charge in [-0.15, -0.1) is 0 Å². The van der Waals surface area contributed by atoms with E-state index in [1.165, 1.54) is 17.9 Å². The predicted octanol–water partition coefficient (Wildman–Crippen LogP) is 3.16. The van der Waals surface area contributed by atoms with E-state index in [9.17, 15) is 0 Å². The first kappa shape index (κ1) is 12.4. The molecule has 0 radical (unpaired) electrons. The Morgan fingerprint density at radius 3 is 3.05 bits per heavy atom. The number of aromatic nitrogens is 3. The van der Waals surface area contributed by atoms with Crippen molar-refractivity contribution < 1.29 is 4.42 Å². The van der Waals surface area contributed by atoms with Gasteiger partial charge in [0, 0.05) is 24.2 Å². The molecule has 1 atom stereocenters. The number of oxazole rings is 1. The molecular formula is C16H18N4O. The van der Waals surface area contributed by atoms with Crippen LogP contribution in [0.15, 0.2) is 22.6 Å². The van der Waals surface area contributed by atoms with E-state index in [0.29, 0.717) is 11.5 Å². The van der Waals surface area contributed by atoms with E-state index in [1.807, 2.05) is 18.2 Å². The molecule has 0 amide bonds. The molecule has 0 aliphatic carbocycles. The minimum absolute atomic E-state index is 0.205. The van der Waals surface area contributed by atoms with E-state index in [2.05, 4.69) is 23.4 Å². The predicted molar refractivity (Wildman–Crippen MR) is 81.9 cm³/mol. The summed E-state index contributed by atoms with van der Waals surface area (Å²) in [5, 5.41) is 0.